The van der Waals surface area contributed by atoms with E-state index in [1.54, 1.807) is 31.3 Å². The first kappa shape index (κ1) is 17.7. The van der Waals surface area contributed by atoms with E-state index in [0.717, 1.165) is 24.8 Å². The van der Waals surface area contributed by atoms with Crippen LogP contribution in [0.1, 0.15) is 53.2 Å². The summed E-state index contributed by atoms with van der Waals surface area (Å²) in [6.07, 6.45) is 2.51. The van der Waals surface area contributed by atoms with Gasteiger partial charge in [-0.3, -0.25) is 4.79 Å². The maximum absolute atomic E-state index is 12.6. The largest absolute Gasteiger partial charge is 0.449 e. The number of anilines is 1. The van der Waals surface area contributed by atoms with Crippen molar-refractivity contribution in [3.63, 3.8) is 0 Å². The fourth-order valence-electron chi connectivity index (χ4n) is 3.00. The van der Waals surface area contributed by atoms with Gasteiger partial charge in [0, 0.05) is 16.3 Å². The number of aryl methyl sites for hydroxylation is 1. The molecule has 6 nitrogen and oxygen atoms in total. The van der Waals surface area contributed by atoms with E-state index in [-0.39, 0.29) is 0 Å². The molecule has 2 atom stereocenters. The number of aromatic nitrogens is 1. The third-order valence-electron chi connectivity index (χ3n) is 4.41. The van der Waals surface area contributed by atoms with E-state index in [4.69, 9.17) is 9.26 Å². The number of amides is 1. The minimum Gasteiger partial charge on any atom is -0.449 e. The number of nitrogens with one attached hydrogen (secondary N) is 1. The summed E-state index contributed by atoms with van der Waals surface area (Å²) in [6, 6.07) is 1.61. The Morgan fingerprint density at radius 3 is 3.00 bits per heavy atom. The average Bonchev–Trinajstić information content (AvgIpc) is 3.17. The summed E-state index contributed by atoms with van der Waals surface area (Å²) in [7, 11) is 0. The molecule has 134 valence electrons. The van der Waals surface area contributed by atoms with Crippen molar-refractivity contribution >= 4 is 29.0 Å². The van der Waals surface area contributed by atoms with E-state index in [1.165, 1.54) is 4.88 Å². The van der Waals surface area contributed by atoms with E-state index in [1.807, 2.05) is 5.38 Å². The van der Waals surface area contributed by atoms with Gasteiger partial charge in [0.25, 0.3) is 5.91 Å². The van der Waals surface area contributed by atoms with Crippen LogP contribution < -0.4 is 5.32 Å². The van der Waals surface area contributed by atoms with Crippen LogP contribution in [0.15, 0.2) is 16.0 Å². The molecule has 2 aromatic heterocycles. The number of carbonyl (C=O) groups excluding carboxylic acids is 2. The Labute approximate surface area is 150 Å². The first-order chi connectivity index (χ1) is 12.0. The van der Waals surface area contributed by atoms with Crippen molar-refractivity contribution in [2.24, 2.45) is 5.92 Å². The van der Waals surface area contributed by atoms with Crippen molar-refractivity contribution in [2.45, 2.75) is 52.6 Å². The number of ether oxygens (including phenoxy) is 1. The van der Waals surface area contributed by atoms with Gasteiger partial charge in [0.1, 0.15) is 5.76 Å². The second-order valence-corrected chi connectivity index (χ2v) is 7.48. The summed E-state index contributed by atoms with van der Waals surface area (Å²) in [6.45, 7) is 5.76. The zero-order valence-electron chi connectivity index (χ0n) is 14.6. The lowest BCUT2D eigenvalue weighted by molar-refractivity contribution is -0.124. The minimum atomic E-state index is -0.859. The molecule has 0 aromatic carbocycles. The Hall–Kier alpha value is -2.15. The van der Waals surface area contributed by atoms with Gasteiger partial charge in [-0.1, -0.05) is 19.0 Å². The Morgan fingerprint density at radius 1 is 1.52 bits per heavy atom. The van der Waals surface area contributed by atoms with Crippen LogP contribution in [0.4, 0.5) is 5.82 Å². The summed E-state index contributed by atoms with van der Waals surface area (Å²) in [4.78, 5) is 26.1. The number of carbonyl (C=O) groups is 2. The molecule has 1 aliphatic carbocycles. The Kier molecular flexibility index (Phi) is 5.22. The molecule has 25 heavy (non-hydrogen) atoms. The molecular formula is C18H22N2O4S. The smallest absolute Gasteiger partial charge is 0.340 e. The summed E-state index contributed by atoms with van der Waals surface area (Å²) < 4.78 is 10.4. The fraction of sp³-hybridized carbons (Fsp3) is 0.500. The predicted molar refractivity (Wildman–Crippen MR) is 94.9 cm³/mol. The molecule has 7 heteroatoms. The van der Waals surface area contributed by atoms with Crippen LogP contribution in [-0.2, 0) is 22.4 Å². The predicted octanol–water partition coefficient (Wildman–Crippen LogP) is 3.74. The van der Waals surface area contributed by atoms with Gasteiger partial charge in [-0.15, -0.1) is 11.3 Å². The number of fused-ring (bicyclic) bond motifs is 1. The Morgan fingerprint density at radius 2 is 2.32 bits per heavy atom. The van der Waals surface area contributed by atoms with Crippen molar-refractivity contribution in [1.82, 2.24) is 5.16 Å². The quantitative estimate of drug-likeness (QED) is 0.819. The molecule has 1 amide bonds. The lowest BCUT2D eigenvalue weighted by Crippen LogP contribution is -2.32. The van der Waals surface area contributed by atoms with E-state index < -0.39 is 18.0 Å². The highest BCUT2D eigenvalue weighted by Crippen LogP contribution is 2.33. The van der Waals surface area contributed by atoms with Crippen LogP contribution >= 0.6 is 11.3 Å². The standard InChI is InChI=1S/C18H22N2O4S/c1-4-14(17(21)19-16-8-11(3)24-20-16)23-18(22)13-9-25-15-7-10(2)5-6-12(13)15/h8-10,14H,4-7H2,1-3H3,(H,19,20,21)/t10-,14+/m0/s1. The maximum atomic E-state index is 12.6. The van der Waals surface area contributed by atoms with Gasteiger partial charge in [0.2, 0.25) is 0 Å². The average molecular weight is 362 g/mol. The normalized spacial score (nSPS) is 17.6. The van der Waals surface area contributed by atoms with Gasteiger partial charge in [-0.25, -0.2) is 4.79 Å². The van der Waals surface area contributed by atoms with Crippen LogP contribution in [0, 0.1) is 12.8 Å². The minimum absolute atomic E-state index is 0.318. The Balaban J connectivity index is 1.67. The van der Waals surface area contributed by atoms with Gasteiger partial charge in [-0.05, 0) is 44.1 Å². The highest BCUT2D eigenvalue weighted by molar-refractivity contribution is 7.10. The number of nitrogens with zero attached hydrogens (tertiary/aromatic N) is 1. The molecule has 0 aliphatic heterocycles. The van der Waals surface area contributed by atoms with Gasteiger partial charge in [0.05, 0.1) is 5.56 Å². The van der Waals surface area contributed by atoms with Crippen LogP contribution in [0.5, 0.6) is 0 Å². The molecule has 1 aliphatic rings. The first-order valence-electron chi connectivity index (χ1n) is 8.52. The number of hydrogen-bond acceptors (Lipinski definition) is 6. The van der Waals surface area contributed by atoms with Crippen molar-refractivity contribution < 1.29 is 18.8 Å². The summed E-state index contributed by atoms with van der Waals surface area (Å²) in [5.74, 6) is 0.737. The number of rotatable bonds is 5. The van der Waals surface area contributed by atoms with Gasteiger partial charge in [-0.2, -0.15) is 0 Å². The molecule has 0 saturated carbocycles. The Bertz CT molecular complexity index is 780. The molecule has 2 heterocycles. The molecule has 0 fully saturated rings. The number of hydrogen-bond donors (Lipinski definition) is 1. The highest BCUT2D eigenvalue weighted by Gasteiger charge is 2.27. The molecule has 0 spiro atoms. The van der Waals surface area contributed by atoms with Crippen LogP contribution in [0.2, 0.25) is 0 Å². The number of esters is 1. The van der Waals surface area contributed by atoms with E-state index in [9.17, 15) is 9.59 Å². The second kappa shape index (κ2) is 7.39. The third-order valence-corrected chi connectivity index (χ3v) is 5.46. The lowest BCUT2D eigenvalue weighted by Gasteiger charge is -2.19. The van der Waals surface area contributed by atoms with Crippen molar-refractivity contribution in [3.8, 4) is 0 Å². The summed E-state index contributed by atoms with van der Waals surface area (Å²) in [5, 5.41) is 8.19. The molecular weight excluding hydrogens is 340 g/mol. The first-order valence-corrected chi connectivity index (χ1v) is 9.40. The van der Waals surface area contributed by atoms with Crippen molar-refractivity contribution in [2.75, 3.05) is 5.32 Å². The van der Waals surface area contributed by atoms with Crippen LogP contribution in [0.25, 0.3) is 0 Å². The highest BCUT2D eigenvalue weighted by atomic mass is 32.1. The van der Waals surface area contributed by atoms with E-state index >= 15 is 0 Å². The van der Waals surface area contributed by atoms with Crippen molar-refractivity contribution in [3.05, 3.63) is 33.2 Å². The molecule has 2 aromatic rings. The van der Waals surface area contributed by atoms with E-state index in [0.29, 0.717) is 29.5 Å². The lowest BCUT2D eigenvalue weighted by atomic mass is 9.88. The zero-order valence-corrected chi connectivity index (χ0v) is 15.4. The van der Waals surface area contributed by atoms with E-state index in [2.05, 4.69) is 17.4 Å². The molecule has 0 saturated heterocycles. The summed E-state index contributed by atoms with van der Waals surface area (Å²) in [5.41, 5.74) is 1.70. The monoisotopic (exact) mass is 362 g/mol. The molecule has 0 unspecified atom stereocenters. The molecule has 0 bridgehead atoms. The van der Waals surface area contributed by atoms with Gasteiger partial charge in [0.15, 0.2) is 11.9 Å². The maximum Gasteiger partial charge on any atom is 0.340 e. The summed E-state index contributed by atoms with van der Waals surface area (Å²) >= 11 is 1.61. The SMILES string of the molecule is CC[C@@H](OC(=O)c1csc2c1CC[C@H](C)C2)C(=O)Nc1cc(C)on1. The topological polar surface area (TPSA) is 81.4 Å². The molecule has 0 radical (unpaired) electrons. The zero-order chi connectivity index (χ0) is 18.0. The third kappa shape index (κ3) is 3.92. The molecule has 1 N–H and O–H groups in total. The van der Waals surface area contributed by atoms with Crippen molar-refractivity contribution in [1.29, 1.82) is 0 Å². The van der Waals surface area contributed by atoms with Gasteiger partial charge < -0.3 is 14.6 Å². The second-order valence-electron chi connectivity index (χ2n) is 6.51. The van der Waals surface area contributed by atoms with Gasteiger partial charge >= 0.3 is 5.97 Å². The molecule has 3 rings (SSSR count). The van der Waals surface area contributed by atoms with Crippen LogP contribution in [0.3, 0.4) is 0 Å². The van der Waals surface area contributed by atoms with Crippen LogP contribution in [-0.4, -0.2) is 23.1 Å². The number of thiophene rings is 1. The fourth-order valence-corrected chi connectivity index (χ4v) is 4.23.